The molecule has 1 N–H and O–H groups in total. The highest BCUT2D eigenvalue weighted by Gasteiger charge is 2.43. The summed E-state index contributed by atoms with van der Waals surface area (Å²) in [6, 6.07) is 6.26. The SMILES string of the molecule is OC12CCCCC1CN(c1cccc3nccn13)CC2. The van der Waals surface area contributed by atoms with E-state index >= 15 is 0 Å². The summed E-state index contributed by atoms with van der Waals surface area (Å²) >= 11 is 0. The molecule has 3 heterocycles. The Morgan fingerprint density at radius 2 is 2.20 bits per heavy atom. The fourth-order valence-electron chi connectivity index (χ4n) is 3.97. The summed E-state index contributed by atoms with van der Waals surface area (Å²) in [5.74, 6) is 1.62. The number of pyridine rings is 1. The first-order chi connectivity index (χ1) is 9.76. The van der Waals surface area contributed by atoms with Gasteiger partial charge in [0.15, 0.2) is 0 Å². The number of fused-ring (bicyclic) bond motifs is 2. The molecule has 2 aromatic rings. The summed E-state index contributed by atoms with van der Waals surface area (Å²) in [6.45, 7) is 1.90. The second-order valence-electron chi connectivity index (χ2n) is 6.28. The van der Waals surface area contributed by atoms with Gasteiger partial charge in [-0.05, 0) is 31.4 Å². The highest BCUT2D eigenvalue weighted by molar-refractivity contribution is 5.52. The Morgan fingerprint density at radius 1 is 1.25 bits per heavy atom. The van der Waals surface area contributed by atoms with Crippen LogP contribution in [0.25, 0.3) is 5.65 Å². The van der Waals surface area contributed by atoms with Gasteiger partial charge in [0.1, 0.15) is 11.5 Å². The lowest BCUT2D eigenvalue weighted by Gasteiger charge is -2.48. The average molecular weight is 271 g/mol. The number of hydrogen-bond donors (Lipinski definition) is 1. The number of aliphatic hydroxyl groups is 1. The van der Waals surface area contributed by atoms with Crippen LogP contribution in [-0.2, 0) is 0 Å². The molecule has 2 aromatic heterocycles. The Kier molecular flexibility index (Phi) is 2.74. The van der Waals surface area contributed by atoms with E-state index in [4.69, 9.17) is 0 Å². The third-order valence-electron chi connectivity index (χ3n) is 5.16. The zero-order chi connectivity index (χ0) is 13.6. The highest BCUT2D eigenvalue weighted by atomic mass is 16.3. The topological polar surface area (TPSA) is 40.8 Å². The van der Waals surface area contributed by atoms with E-state index in [2.05, 4.69) is 26.4 Å². The van der Waals surface area contributed by atoms with Crippen LogP contribution in [0.1, 0.15) is 32.1 Å². The number of imidazole rings is 1. The van der Waals surface area contributed by atoms with Crippen LogP contribution in [0.3, 0.4) is 0 Å². The van der Waals surface area contributed by atoms with Gasteiger partial charge in [0.25, 0.3) is 0 Å². The Balaban J connectivity index is 1.65. The molecule has 0 amide bonds. The van der Waals surface area contributed by atoms with Crippen LogP contribution in [0, 0.1) is 5.92 Å². The Labute approximate surface area is 119 Å². The Bertz CT molecular complexity index is 623. The lowest BCUT2D eigenvalue weighted by atomic mass is 9.71. The van der Waals surface area contributed by atoms with Crippen molar-refractivity contribution in [3.8, 4) is 0 Å². The first-order valence-electron chi connectivity index (χ1n) is 7.66. The third kappa shape index (κ3) is 1.82. The van der Waals surface area contributed by atoms with Crippen LogP contribution in [0.2, 0.25) is 0 Å². The molecule has 4 heteroatoms. The molecule has 4 nitrogen and oxygen atoms in total. The standard InChI is InChI=1S/C16H21N3O/c20-16-7-2-1-4-13(16)12-18(10-8-16)15-6-3-5-14-17-9-11-19(14)15/h3,5-6,9,11,13,20H,1-2,4,7-8,10,12H2. The molecular formula is C16H21N3O. The van der Waals surface area contributed by atoms with Crippen LogP contribution < -0.4 is 4.90 Å². The molecule has 2 fully saturated rings. The summed E-state index contributed by atoms with van der Waals surface area (Å²) in [4.78, 5) is 6.77. The second kappa shape index (κ2) is 4.48. The third-order valence-corrected chi connectivity index (χ3v) is 5.16. The van der Waals surface area contributed by atoms with Crippen molar-refractivity contribution in [1.82, 2.24) is 9.38 Å². The zero-order valence-electron chi connectivity index (χ0n) is 11.7. The van der Waals surface area contributed by atoms with Gasteiger partial charge in [-0.3, -0.25) is 4.40 Å². The van der Waals surface area contributed by atoms with E-state index in [0.29, 0.717) is 5.92 Å². The van der Waals surface area contributed by atoms with Gasteiger partial charge in [-0.2, -0.15) is 0 Å². The fraction of sp³-hybridized carbons (Fsp3) is 0.562. The Morgan fingerprint density at radius 3 is 3.15 bits per heavy atom. The minimum Gasteiger partial charge on any atom is -0.389 e. The van der Waals surface area contributed by atoms with Gasteiger partial charge >= 0.3 is 0 Å². The number of rotatable bonds is 1. The quantitative estimate of drug-likeness (QED) is 0.866. The largest absolute Gasteiger partial charge is 0.389 e. The molecule has 0 spiro atoms. The number of aromatic nitrogens is 2. The number of hydrogen-bond acceptors (Lipinski definition) is 3. The molecule has 2 atom stereocenters. The first kappa shape index (κ1) is 12.2. The monoisotopic (exact) mass is 271 g/mol. The summed E-state index contributed by atoms with van der Waals surface area (Å²) in [5.41, 5.74) is 0.587. The van der Waals surface area contributed by atoms with Gasteiger partial charge in [-0.1, -0.05) is 18.9 Å². The van der Waals surface area contributed by atoms with Crippen molar-refractivity contribution in [2.24, 2.45) is 5.92 Å². The number of nitrogens with zero attached hydrogens (tertiary/aromatic N) is 3. The van der Waals surface area contributed by atoms with Gasteiger partial charge in [0, 0.05) is 31.4 Å². The molecular weight excluding hydrogens is 250 g/mol. The summed E-state index contributed by atoms with van der Waals surface area (Å²) in [6.07, 6.45) is 9.35. The molecule has 0 radical (unpaired) electrons. The summed E-state index contributed by atoms with van der Waals surface area (Å²) < 4.78 is 2.15. The first-order valence-corrected chi connectivity index (χ1v) is 7.66. The van der Waals surface area contributed by atoms with E-state index < -0.39 is 5.60 Å². The molecule has 1 aliphatic carbocycles. The molecule has 1 saturated heterocycles. The zero-order valence-corrected chi connectivity index (χ0v) is 11.7. The van der Waals surface area contributed by atoms with E-state index in [-0.39, 0.29) is 0 Å². The predicted octanol–water partition coefficient (Wildman–Crippen LogP) is 2.47. The van der Waals surface area contributed by atoms with Crippen molar-refractivity contribution < 1.29 is 5.11 Å². The Hall–Kier alpha value is -1.55. The van der Waals surface area contributed by atoms with Crippen LogP contribution in [-0.4, -0.2) is 33.2 Å². The molecule has 4 rings (SSSR count). The second-order valence-corrected chi connectivity index (χ2v) is 6.28. The molecule has 106 valence electrons. The maximum Gasteiger partial charge on any atom is 0.138 e. The molecule has 2 unspecified atom stereocenters. The molecule has 0 bridgehead atoms. The molecule has 2 aliphatic rings. The fourth-order valence-corrected chi connectivity index (χ4v) is 3.97. The van der Waals surface area contributed by atoms with Crippen LogP contribution in [0.4, 0.5) is 5.82 Å². The molecule has 1 aliphatic heterocycles. The maximum atomic E-state index is 10.8. The van der Waals surface area contributed by atoms with E-state index in [9.17, 15) is 5.11 Å². The smallest absolute Gasteiger partial charge is 0.138 e. The van der Waals surface area contributed by atoms with Gasteiger partial charge in [-0.15, -0.1) is 0 Å². The lowest BCUT2D eigenvalue weighted by Crippen LogP contribution is -2.53. The van der Waals surface area contributed by atoms with Crippen LogP contribution in [0.15, 0.2) is 30.6 Å². The van der Waals surface area contributed by atoms with Crippen molar-refractivity contribution in [3.63, 3.8) is 0 Å². The van der Waals surface area contributed by atoms with Crippen LogP contribution in [0.5, 0.6) is 0 Å². The normalized spacial score (nSPS) is 30.4. The van der Waals surface area contributed by atoms with E-state index in [0.717, 1.165) is 38.0 Å². The van der Waals surface area contributed by atoms with E-state index in [1.54, 1.807) is 0 Å². The lowest BCUT2D eigenvalue weighted by molar-refractivity contribution is -0.0613. The number of anilines is 1. The van der Waals surface area contributed by atoms with Crippen LogP contribution >= 0.6 is 0 Å². The summed E-state index contributed by atoms with van der Waals surface area (Å²) in [5, 5.41) is 10.8. The summed E-state index contributed by atoms with van der Waals surface area (Å²) in [7, 11) is 0. The van der Waals surface area contributed by atoms with Gasteiger partial charge in [-0.25, -0.2) is 4.98 Å². The van der Waals surface area contributed by atoms with Gasteiger partial charge in [0.05, 0.1) is 5.60 Å². The van der Waals surface area contributed by atoms with E-state index in [1.165, 1.54) is 18.7 Å². The average Bonchev–Trinajstić information content (AvgIpc) is 2.94. The van der Waals surface area contributed by atoms with Gasteiger partial charge in [0.2, 0.25) is 0 Å². The minimum absolute atomic E-state index is 0.405. The minimum atomic E-state index is -0.405. The molecule has 1 saturated carbocycles. The van der Waals surface area contributed by atoms with Crippen molar-refractivity contribution in [1.29, 1.82) is 0 Å². The van der Waals surface area contributed by atoms with Crippen molar-refractivity contribution in [3.05, 3.63) is 30.6 Å². The molecule has 0 aromatic carbocycles. The molecule has 20 heavy (non-hydrogen) atoms. The van der Waals surface area contributed by atoms with Crippen molar-refractivity contribution >= 4 is 11.5 Å². The van der Waals surface area contributed by atoms with Gasteiger partial charge < -0.3 is 10.0 Å². The maximum absolute atomic E-state index is 10.8. The number of piperidine rings is 1. The predicted molar refractivity (Wildman–Crippen MR) is 78.9 cm³/mol. The van der Waals surface area contributed by atoms with Crippen molar-refractivity contribution in [2.45, 2.75) is 37.7 Å². The van der Waals surface area contributed by atoms with E-state index in [1.807, 2.05) is 18.5 Å². The van der Waals surface area contributed by atoms with Crippen molar-refractivity contribution in [2.75, 3.05) is 18.0 Å². The highest BCUT2D eigenvalue weighted by Crippen LogP contribution is 2.40.